The van der Waals surface area contributed by atoms with Gasteiger partial charge in [-0.2, -0.15) is 0 Å². The van der Waals surface area contributed by atoms with Crippen LogP contribution >= 0.6 is 27.5 Å². The molecule has 1 N–H and O–H groups in total. The molecule has 0 saturated heterocycles. The van der Waals surface area contributed by atoms with Gasteiger partial charge in [-0.25, -0.2) is 4.98 Å². The predicted molar refractivity (Wildman–Crippen MR) is 80.5 cm³/mol. The van der Waals surface area contributed by atoms with Crippen LogP contribution in [0.3, 0.4) is 0 Å². The SMILES string of the molecule is CC(NC(=O)c1cc(Br)cnc1Cl)C1CCCCC1. The van der Waals surface area contributed by atoms with E-state index in [1.807, 2.05) is 0 Å². The maximum atomic E-state index is 12.2. The lowest BCUT2D eigenvalue weighted by Crippen LogP contribution is -2.39. The number of hydrogen-bond donors (Lipinski definition) is 1. The summed E-state index contributed by atoms with van der Waals surface area (Å²) in [6, 6.07) is 1.89. The molecule has 1 amide bonds. The summed E-state index contributed by atoms with van der Waals surface area (Å²) in [7, 11) is 0. The average molecular weight is 346 g/mol. The highest BCUT2D eigenvalue weighted by atomic mass is 79.9. The van der Waals surface area contributed by atoms with E-state index in [0.717, 1.165) is 4.47 Å². The zero-order chi connectivity index (χ0) is 13.8. The van der Waals surface area contributed by atoms with Crippen molar-refractivity contribution < 1.29 is 4.79 Å². The van der Waals surface area contributed by atoms with Gasteiger partial charge in [0.25, 0.3) is 5.91 Å². The second-order valence-electron chi connectivity index (χ2n) is 5.15. The van der Waals surface area contributed by atoms with E-state index in [2.05, 4.69) is 33.2 Å². The molecule has 3 nitrogen and oxygen atoms in total. The van der Waals surface area contributed by atoms with Crippen LogP contribution in [0.25, 0.3) is 0 Å². The molecule has 0 aromatic carbocycles. The Labute approximate surface area is 127 Å². The van der Waals surface area contributed by atoms with E-state index in [1.165, 1.54) is 32.1 Å². The maximum Gasteiger partial charge on any atom is 0.254 e. The normalized spacial score (nSPS) is 18.1. The number of pyridine rings is 1. The lowest BCUT2D eigenvalue weighted by atomic mass is 9.84. The first kappa shape index (κ1) is 14.8. The highest BCUT2D eigenvalue weighted by Gasteiger charge is 2.22. The van der Waals surface area contributed by atoms with Crippen molar-refractivity contribution >= 4 is 33.4 Å². The Hall–Kier alpha value is -0.610. The third kappa shape index (κ3) is 3.93. The summed E-state index contributed by atoms with van der Waals surface area (Å²) in [6.45, 7) is 2.08. The molecule has 1 aromatic heterocycles. The molecular formula is C14H18BrClN2O. The van der Waals surface area contributed by atoms with Crippen molar-refractivity contribution in [2.75, 3.05) is 0 Å². The molecule has 0 aliphatic heterocycles. The van der Waals surface area contributed by atoms with Gasteiger partial charge in [0.05, 0.1) is 5.56 Å². The van der Waals surface area contributed by atoms with Gasteiger partial charge in [0.15, 0.2) is 0 Å². The van der Waals surface area contributed by atoms with Crippen molar-refractivity contribution in [2.24, 2.45) is 5.92 Å². The van der Waals surface area contributed by atoms with Crippen LogP contribution in [0, 0.1) is 5.92 Å². The van der Waals surface area contributed by atoms with Gasteiger partial charge in [0.1, 0.15) is 5.15 Å². The number of hydrogen-bond acceptors (Lipinski definition) is 2. The topological polar surface area (TPSA) is 42.0 Å². The highest BCUT2D eigenvalue weighted by molar-refractivity contribution is 9.10. The number of halogens is 2. The fourth-order valence-electron chi connectivity index (χ4n) is 2.62. The number of carbonyl (C=O) groups excluding carboxylic acids is 1. The predicted octanol–water partition coefficient (Wildman–Crippen LogP) is 4.20. The van der Waals surface area contributed by atoms with Crippen LogP contribution in [-0.2, 0) is 0 Å². The molecule has 1 saturated carbocycles. The van der Waals surface area contributed by atoms with Crippen molar-refractivity contribution in [1.29, 1.82) is 0 Å². The van der Waals surface area contributed by atoms with Crippen LogP contribution in [0.5, 0.6) is 0 Å². The summed E-state index contributed by atoms with van der Waals surface area (Å²) in [5, 5.41) is 3.30. The van der Waals surface area contributed by atoms with Gasteiger partial charge in [0.2, 0.25) is 0 Å². The average Bonchev–Trinajstić information content (AvgIpc) is 2.42. The first-order chi connectivity index (χ1) is 9.08. The Bertz CT molecular complexity index is 461. The summed E-state index contributed by atoms with van der Waals surface area (Å²) in [5.74, 6) is 0.438. The zero-order valence-electron chi connectivity index (χ0n) is 11.0. The van der Waals surface area contributed by atoms with Crippen LogP contribution in [0.1, 0.15) is 49.4 Å². The minimum Gasteiger partial charge on any atom is -0.349 e. The lowest BCUT2D eigenvalue weighted by molar-refractivity contribution is 0.0919. The van der Waals surface area contributed by atoms with E-state index in [0.29, 0.717) is 11.5 Å². The third-order valence-electron chi connectivity index (χ3n) is 3.77. The number of amides is 1. The largest absolute Gasteiger partial charge is 0.349 e. The lowest BCUT2D eigenvalue weighted by Gasteiger charge is -2.28. The summed E-state index contributed by atoms with van der Waals surface area (Å²) >= 11 is 9.27. The van der Waals surface area contributed by atoms with Crippen molar-refractivity contribution in [2.45, 2.75) is 45.1 Å². The van der Waals surface area contributed by atoms with Crippen molar-refractivity contribution in [3.05, 3.63) is 27.5 Å². The van der Waals surface area contributed by atoms with E-state index in [-0.39, 0.29) is 17.1 Å². The van der Waals surface area contributed by atoms with Crippen molar-refractivity contribution in [3.8, 4) is 0 Å². The van der Waals surface area contributed by atoms with Crippen LogP contribution < -0.4 is 5.32 Å². The molecule has 1 unspecified atom stereocenters. The molecule has 5 heteroatoms. The maximum absolute atomic E-state index is 12.2. The summed E-state index contributed by atoms with van der Waals surface area (Å²) in [6.07, 6.45) is 7.84. The smallest absolute Gasteiger partial charge is 0.254 e. The van der Waals surface area contributed by atoms with E-state index in [1.54, 1.807) is 12.3 Å². The second-order valence-corrected chi connectivity index (χ2v) is 6.43. The highest BCUT2D eigenvalue weighted by Crippen LogP contribution is 2.26. The van der Waals surface area contributed by atoms with Gasteiger partial charge in [0, 0.05) is 16.7 Å². The van der Waals surface area contributed by atoms with E-state index in [4.69, 9.17) is 11.6 Å². The number of carbonyl (C=O) groups is 1. The Morgan fingerprint density at radius 3 is 2.84 bits per heavy atom. The second kappa shape index (κ2) is 6.71. The number of nitrogens with zero attached hydrogens (tertiary/aromatic N) is 1. The van der Waals surface area contributed by atoms with Crippen LogP contribution in [0.4, 0.5) is 0 Å². The third-order valence-corrected chi connectivity index (χ3v) is 4.50. The molecule has 0 radical (unpaired) electrons. The van der Waals surface area contributed by atoms with E-state index >= 15 is 0 Å². The Balaban J connectivity index is 2.01. The minimum atomic E-state index is -0.142. The fraction of sp³-hybridized carbons (Fsp3) is 0.571. The first-order valence-electron chi connectivity index (χ1n) is 6.70. The van der Waals surface area contributed by atoms with Crippen LogP contribution in [0.15, 0.2) is 16.7 Å². The van der Waals surface area contributed by atoms with Crippen LogP contribution in [-0.4, -0.2) is 16.9 Å². The van der Waals surface area contributed by atoms with E-state index < -0.39 is 0 Å². The molecule has 19 heavy (non-hydrogen) atoms. The molecule has 1 aromatic rings. The Morgan fingerprint density at radius 2 is 2.16 bits per heavy atom. The fourth-order valence-corrected chi connectivity index (χ4v) is 3.14. The summed E-state index contributed by atoms with van der Waals surface area (Å²) < 4.78 is 0.757. The molecule has 1 aliphatic carbocycles. The molecule has 0 bridgehead atoms. The standard InChI is InChI=1S/C14H18BrClN2O/c1-9(10-5-3-2-4-6-10)18-14(19)12-7-11(15)8-17-13(12)16/h7-10H,2-6H2,1H3,(H,18,19). The Morgan fingerprint density at radius 1 is 1.47 bits per heavy atom. The van der Waals surface area contributed by atoms with Crippen molar-refractivity contribution in [1.82, 2.24) is 10.3 Å². The zero-order valence-corrected chi connectivity index (χ0v) is 13.3. The number of aromatic nitrogens is 1. The Kier molecular flexibility index (Phi) is 5.22. The number of rotatable bonds is 3. The van der Waals surface area contributed by atoms with Gasteiger partial charge in [-0.15, -0.1) is 0 Å². The van der Waals surface area contributed by atoms with Gasteiger partial charge in [-0.3, -0.25) is 4.79 Å². The molecule has 1 aliphatic rings. The molecule has 2 rings (SSSR count). The quantitative estimate of drug-likeness (QED) is 0.834. The van der Waals surface area contributed by atoms with Gasteiger partial charge < -0.3 is 5.32 Å². The van der Waals surface area contributed by atoms with Gasteiger partial charge >= 0.3 is 0 Å². The number of nitrogens with one attached hydrogen (secondary N) is 1. The molecule has 1 fully saturated rings. The first-order valence-corrected chi connectivity index (χ1v) is 7.87. The molecule has 1 atom stereocenters. The monoisotopic (exact) mass is 344 g/mol. The van der Waals surface area contributed by atoms with Gasteiger partial charge in [-0.1, -0.05) is 30.9 Å². The summed E-state index contributed by atoms with van der Waals surface area (Å²) in [5.41, 5.74) is 0.429. The molecule has 1 heterocycles. The van der Waals surface area contributed by atoms with Crippen molar-refractivity contribution in [3.63, 3.8) is 0 Å². The molecular weight excluding hydrogens is 328 g/mol. The van der Waals surface area contributed by atoms with E-state index in [9.17, 15) is 4.79 Å². The van der Waals surface area contributed by atoms with Gasteiger partial charge in [-0.05, 0) is 47.7 Å². The van der Waals surface area contributed by atoms with Crippen LogP contribution in [0.2, 0.25) is 5.15 Å². The minimum absolute atomic E-state index is 0.142. The molecule has 0 spiro atoms. The summed E-state index contributed by atoms with van der Waals surface area (Å²) in [4.78, 5) is 16.2. The molecule has 104 valence electrons.